The lowest BCUT2D eigenvalue weighted by Crippen LogP contribution is -2.49. The first-order chi connectivity index (χ1) is 7.95. The Labute approximate surface area is 103 Å². The molecular formula is C15H20O2. The van der Waals surface area contributed by atoms with Crippen LogP contribution in [0, 0.1) is 18.8 Å². The van der Waals surface area contributed by atoms with Gasteiger partial charge in [-0.1, -0.05) is 43.7 Å². The van der Waals surface area contributed by atoms with Crippen molar-refractivity contribution in [3.8, 4) is 0 Å². The van der Waals surface area contributed by atoms with Crippen molar-refractivity contribution in [1.82, 2.24) is 0 Å². The van der Waals surface area contributed by atoms with Crippen molar-refractivity contribution >= 4 is 5.97 Å². The Morgan fingerprint density at radius 3 is 2.53 bits per heavy atom. The summed E-state index contributed by atoms with van der Waals surface area (Å²) in [5.41, 5.74) is 1.49. The van der Waals surface area contributed by atoms with Crippen molar-refractivity contribution in [2.75, 3.05) is 0 Å². The van der Waals surface area contributed by atoms with E-state index in [9.17, 15) is 9.90 Å². The third-order valence-electron chi connectivity index (χ3n) is 4.14. The molecule has 2 rings (SSSR count). The fourth-order valence-electron chi connectivity index (χ4n) is 2.78. The first kappa shape index (κ1) is 12.2. The molecule has 0 aliphatic heterocycles. The Bertz CT molecular complexity index is 428. The maximum atomic E-state index is 11.6. The van der Waals surface area contributed by atoms with Gasteiger partial charge in [-0.25, -0.2) is 0 Å². The van der Waals surface area contributed by atoms with Crippen LogP contribution in [0.3, 0.4) is 0 Å². The lowest BCUT2D eigenvalue weighted by molar-refractivity contribution is -0.150. The second-order valence-electron chi connectivity index (χ2n) is 5.67. The average Bonchev–Trinajstić information content (AvgIpc) is 2.14. The third-order valence-corrected chi connectivity index (χ3v) is 4.14. The molecule has 92 valence electrons. The monoisotopic (exact) mass is 232 g/mol. The fraction of sp³-hybridized carbons (Fsp3) is 0.533. The first-order valence-corrected chi connectivity index (χ1v) is 6.26. The molecule has 0 spiro atoms. The Kier molecular flexibility index (Phi) is 2.98. The first-order valence-electron chi connectivity index (χ1n) is 6.26. The van der Waals surface area contributed by atoms with E-state index < -0.39 is 11.4 Å². The highest BCUT2D eigenvalue weighted by molar-refractivity contribution is 5.82. The van der Waals surface area contributed by atoms with Crippen molar-refractivity contribution in [3.63, 3.8) is 0 Å². The summed E-state index contributed by atoms with van der Waals surface area (Å²) in [6, 6.07) is 7.94. The van der Waals surface area contributed by atoms with Gasteiger partial charge in [-0.05, 0) is 37.2 Å². The van der Waals surface area contributed by atoms with Crippen molar-refractivity contribution in [2.45, 2.75) is 39.0 Å². The molecule has 0 saturated heterocycles. The van der Waals surface area contributed by atoms with Gasteiger partial charge in [-0.2, -0.15) is 0 Å². The molecule has 1 aromatic rings. The van der Waals surface area contributed by atoms with Crippen LogP contribution in [-0.4, -0.2) is 11.1 Å². The number of hydrogen-bond acceptors (Lipinski definition) is 1. The SMILES string of the molecule is Cc1cccc(C2(C(=O)O)CC(C(C)C)C2)c1. The summed E-state index contributed by atoms with van der Waals surface area (Å²) in [4.78, 5) is 11.6. The number of rotatable bonds is 3. The standard InChI is InChI=1S/C15H20O2/c1-10(2)12-8-15(9-12,14(16)17)13-6-4-5-11(3)7-13/h4-7,10,12H,8-9H2,1-3H3,(H,16,17). The molecule has 2 nitrogen and oxygen atoms in total. The Morgan fingerprint density at radius 1 is 1.41 bits per heavy atom. The van der Waals surface area contributed by atoms with Crippen LogP contribution in [0.4, 0.5) is 0 Å². The largest absolute Gasteiger partial charge is 0.481 e. The van der Waals surface area contributed by atoms with Crippen molar-refractivity contribution in [1.29, 1.82) is 0 Å². The van der Waals surface area contributed by atoms with E-state index in [1.54, 1.807) is 0 Å². The van der Waals surface area contributed by atoms with Gasteiger partial charge < -0.3 is 5.11 Å². The van der Waals surface area contributed by atoms with Gasteiger partial charge in [0.25, 0.3) is 0 Å². The molecule has 1 fully saturated rings. The number of carbonyl (C=O) groups is 1. The summed E-state index contributed by atoms with van der Waals surface area (Å²) < 4.78 is 0. The number of carboxylic acid groups (broad SMARTS) is 1. The maximum Gasteiger partial charge on any atom is 0.314 e. The molecule has 0 aromatic heterocycles. The van der Waals surface area contributed by atoms with Gasteiger partial charge in [0.05, 0.1) is 5.41 Å². The van der Waals surface area contributed by atoms with Crippen LogP contribution in [-0.2, 0) is 10.2 Å². The topological polar surface area (TPSA) is 37.3 Å². The van der Waals surface area contributed by atoms with E-state index in [1.807, 2.05) is 31.2 Å². The van der Waals surface area contributed by atoms with Crippen LogP contribution in [0.15, 0.2) is 24.3 Å². The van der Waals surface area contributed by atoms with Gasteiger partial charge in [0.15, 0.2) is 0 Å². The second-order valence-corrected chi connectivity index (χ2v) is 5.67. The maximum absolute atomic E-state index is 11.6. The molecule has 0 radical (unpaired) electrons. The summed E-state index contributed by atoms with van der Waals surface area (Å²) in [6.07, 6.45) is 1.56. The van der Waals surface area contributed by atoms with E-state index >= 15 is 0 Å². The molecule has 2 heteroatoms. The van der Waals surface area contributed by atoms with Gasteiger partial charge >= 0.3 is 5.97 Å². The minimum absolute atomic E-state index is 0.548. The smallest absolute Gasteiger partial charge is 0.314 e. The van der Waals surface area contributed by atoms with Crippen molar-refractivity contribution < 1.29 is 9.90 Å². The predicted molar refractivity (Wildman–Crippen MR) is 68.1 cm³/mol. The summed E-state index contributed by atoms with van der Waals surface area (Å²) >= 11 is 0. The van der Waals surface area contributed by atoms with Crippen LogP contribution < -0.4 is 0 Å². The molecule has 1 aliphatic rings. The number of aryl methyl sites for hydroxylation is 1. The van der Waals surface area contributed by atoms with Crippen molar-refractivity contribution in [2.24, 2.45) is 11.8 Å². The lowest BCUT2D eigenvalue weighted by atomic mass is 9.56. The molecule has 1 saturated carbocycles. The zero-order valence-corrected chi connectivity index (χ0v) is 10.7. The molecular weight excluding hydrogens is 212 g/mol. The van der Waals surface area contributed by atoms with Gasteiger partial charge in [0.2, 0.25) is 0 Å². The zero-order chi connectivity index (χ0) is 12.6. The van der Waals surface area contributed by atoms with Gasteiger partial charge in [0, 0.05) is 0 Å². The van der Waals surface area contributed by atoms with E-state index in [1.165, 1.54) is 0 Å². The van der Waals surface area contributed by atoms with Crippen LogP contribution >= 0.6 is 0 Å². The van der Waals surface area contributed by atoms with Gasteiger partial charge in [0.1, 0.15) is 0 Å². The third kappa shape index (κ3) is 1.97. The number of carboxylic acids is 1. The number of benzene rings is 1. The fourth-order valence-corrected chi connectivity index (χ4v) is 2.78. The molecule has 0 heterocycles. The quantitative estimate of drug-likeness (QED) is 0.867. The zero-order valence-electron chi connectivity index (χ0n) is 10.7. The van der Waals surface area contributed by atoms with Crippen LogP contribution in [0.1, 0.15) is 37.8 Å². The molecule has 17 heavy (non-hydrogen) atoms. The summed E-state index contributed by atoms with van der Waals surface area (Å²) in [7, 11) is 0. The van der Waals surface area contributed by atoms with Crippen LogP contribution in [0.2, 0.25) is 0 Å². The summed E-state index contributed by atoms with van der Waals surface area (Å²) in [5.74, 6) is 0.457. The molecule has 1 aromatic carbocycles. The molecule has 0 amide bonds. The van der Waals surface area contributed by atoms with E-state index in [-0.39, 0.29) is 0 Å². The highest BCUT2D eigenvalue weighted by Crippen LogP contribution is 2.50. The lowest BCUT2D eigenvalue weighted by Gasteiger charge is -2.47. The second kappa shape index (κ2) is 4.17. The average molecular weight is 232 g/mol. The minimum atomic E-state index is -0.667. The summed E-state index contributed by atoms with van der Waals surface area (Å²) in [5, 5.41) is 9.53. The molecule has 0 unspecified atom stereocenters. The number of hydrogen-bond donors (Lipinski definition) is 1. The minimum Gasteiger partial charge on any atom is -0.481 e. The van der Waals surface area contributed by atoms with Gasteiger partial charge in [-0.3, -0.25) is 4.79 Å². The molecule has 0 bridgehead atoms. The predicted octanol–water partition coefficient (Wildman–Crippen LogP) is 3.38. The van der Waals surface area contributed by atoms with Crippen LogP contribution in [0.5, 0.6) is 0 Å². The normalized spacial score (nSPS) is 27.9. The molecule has 0 atom stereocenters. The van der Waals surface area contributed by atoms with Crippen LogP contribution in [0.25, 0.3) is 0 Å². The number of aliphatic carboxylic acids is 1. The Balaban J connectivity index is 2.30. The molecule has 1 aliphatic carbocycles. The van der Waals surface area contributed by atoms with Crippen molar-refractivity contribution in [3.05, 3.63) is 35.4 Å². The van der Waals surface area contributed by atoms with E-state index in [2.05, 4.69) is 13.8 Å². The Hall–Kier alpha value is -1.31. The highest BCUT2D eigenvalue weighted by Gasteiger charge is 2.52. The highest BCUT2D eigenvalue weighted by atomic mass is 16.4. The van der Waals surface area contributed by atoms with Gasteiger partial charge in [-0.15, -0.1) is 0 Å². The van der Waals surface area contributed by atoms with E-state index in [4.69, 9.17) is 0 Å². The Morgan fingerprint density at radius 2 is 2.06 bits per heavy atom. The summed E-state index contributed by atoms with van der Waals surface area (Å²) in [6.45, 7) is 6.36. The van der Waals surface area contributed by atoms with E-state index in [0.717, 1.165) is 24.0 Å². The van der Waals surface area contributed by atoms with E-state index in [0.29, 0.717) is 11.8 Å². The molecule has 1 N–H and O–H groups in total.